The predicted octanol–water partition coefficient (Wildman–Crippen LogP) is 3.55. The van der Waals surface area contributed by atoms with Gasteiger partial charge in [-0.1, -0.05) is 0 Å². The van der Waals surface area contributed by atoms with E-state index in [2.05, 4.69) is 21.9 Å². The molecule has 1 aliphatic rings. The number of nitrogens with one attached hydrogen (secondary N) is 2. The minimum Gasteiger partial charge on any atom is -0.381 e. The zero-order valence-electron chi connectivity index (χ0n) is 14.6. The molecule has 1 heterocycles. The summed E-state index contributed by atoms with van der Waals surface area (Å²) in [6.45, 7) is 5.06. The average Bonchev–Trinajstić information content (AvgIpc) is 2.61. The van der Waals surface area contributed by atoms with Crippen molar-refractivity contribution in [3.05, 3.63) is 35.4 Å². The van der Waals surface area contributed by atoms with Crippen molar-refractivity contribution in [3.8, 4) is 0 Å². The van der Waals surface area contributed by atoms with E-state index < -0.39 is 11.6 Å². The van der Waals surface area contributed by atoms with E-state index in [0.717, 1.165) is 44.7 Å². The summed E-state index contributed by atoms with van der Waals surface area (Å²) in [6.07, 6.45) is 4.08. The molecule has 0 bridgehead atoms. The first-order valence-corrected chi connectivity index (χ1v) is 9.40. The Morgan fingerprint density at radius 1 is 1.28 bits per heavy atom. The summed E-state index contributed by atoms with van der Waals surface area (Å²) in [5, 5.41) is 6.48. The predicted molar refractivity (Wildman–Crippen MR) is 111 cm³/mol. The number of benzene rings is 1. The van der Waals surface area contributed by atoms with Crippen LogP contribution in [0.2, 0.25) is 0 Å². The smallest absolute Gasteiger partial charge is 0.191 e. The van der Waals surface area contributed by atoms with Crippen LogP contribution in [0.3, 0.4) is 0 Å². The molecular weight excluding hydrogens is 459 g/mol. The fourth-order valence-corrected chi connectivity index (χ4v) is 3.40. The highest BCUT2D eigenvalue weighted by Gasteiger charge is 2.31. The topological polar surface area (TPSA) is 45.7 Å². The maximum Gasteiger partial charge on any atom is 0.191 e. The van der Waals surface area contributed by atoms with Crippen LogP contribution in [-0.2, 0) is 11.3 Å². The molecule has 4 nitrogen and oxygen atoms in total. The minimum atomic E-state index is -0.455. The Morgan fingerprint density at radius 3 is 2.64 bits per heavy atom. The van der Waals surface area contributed by atoms with Crippen LogP contribution in [0, 0.1) is 11.6 Å². The third kappa shape index (κ3) is 6.90. The molecule has 0 unspecified atom stereocenters. The Labute approximate surface area is 169 Å². The average molecular weight is 485 g/mol. The molecule has 0 amide bonds. The van der Waals surface area contributed by atoms with Gasteiger partial charge in [-0.2, -0.15) is 11.8 Å². The Kier molecular flexibility index (Phi) is 10.0. The molecule has 0 saturated carbocycles. The number of nitrogens with zero attached hydrogens (tertiary/aromatic N) is 1. The van der Waals surface area contributed by atoms with Gasteiger partial charge in [-0.25, -0.2) is 13.8 Å². The van der Waals surface area contributed by atoms with Crippen molar-refractivity contribution in [1.29, 1.82) is 0 Å². The first kappa shape index (κ1) is 22.4. The molecule has 1 aromatic rings. The second kappa shape index (κ2) is 11.2. The summed E-state index contributed by atoms with van der Waals surface area (Å²) in [6, 6.07) is 3.43. The number of halogens is 3. The Hall–Kier alpha value is -0.610. The SMILES string of the molecule is CCNC(=NCc1cc(F)ccc1F)NCC1(SC)CCOCC1.I. The van der Waals surface area contributed by atoms with Gasteiger partial charge in [0.05, 0.1) is 6.54 Å². The lowest BCUT2D eigenvalue weighted by Crippen LogP contribution is -2.47. The summed E-state index contributed by atoms with van der Waals surface area (Å²) >= 11 is 1.84. The Morgan fingerprint density at radius 2 is 2.00 bits per heavy atom. The van der Waals surface area contributed by atoms with Gasteiger partial charge in [0.25, 0.3) is 0 Å². The standard InChI is InChI=1S/C17H25F2N3OS.HI/c1-3-20-16(21-11-13-10-14(18)4-5-15(13)19)22-12-17(24-2)6-8-23-9-7-17;/h4-5,10H,3,6-9,11-12H2,1-2H3,(H2,20,21,22);1H. The second-order valence-corrected chi connectivity index (χ2v) is 7.06. The fraction of sp³-hybridized carbons (Fsp3) is 0.588. The molecule has 25 heavy (non-hydrogen) atoms. The summed E-state index contributed by atoms with van der Waals surface area (Å²) in [5.74, 6) is -0.287. The molecule has 0 radical (unpaired) electrons. The summed E-state index contributed by atoms with van der Waals surface area (Å²) in [7, 11) is 0. The highest BCUT2D eigenvalue weighted by molar-refractivity contribution is 14.0. The summed E-state index contributed by atoms with van der Waals surface area (Å²) < 4.78 is 32.5. The van der Waals surface area contributed by atoms with Crippen LogP contribution in [0.25, 0.3) is 0 Å². The molecule has 1 aliphatic heterocycles. The van der Waals surface area contributed by atoms with Gasteiger partial charge in [0.1, 0.15) is 11.6 Å². The lowest BCUT2D eigenvalue weighted by molar-refractivity contribution is 0.0783. The molecule has 1 aromatic carbocycles. The lowest BCUT2D eigenvalue weighted by atomic mass is 9.99. The zero-order valence-corrected chi connectivity index (χ0v) is 17.8. The fourth-order valence-electron chi connectivity index (χ4n) is 2.61. The van der Waals surface area contributed by atoms with Crippen LogP contribution >= 0.6 is 35.7 Å². The molecule has 142 valence electrons. The van der Waals surface area contributed by atoms with Crippen molar-refractivity contribution in [3.63, 3.8) is 0 Å². The van der Waals surface area contributed by atoms with Crippen LogP contribution in [0.1, 0.15) is 25.3 Å². The number of guanidine groups is 1. The quantitative estimate of drug-likeness (QED) is 0.368. The van der Waals surface area contributed by atoms with E-state index in [4.69, 9.17) is 4.74 Å². The number of hydrogen-bond acceptors (Lipinski definition) is 3. The summed E-state index contributed by atoms with van der Waals surface area (Å²) in [4.78, 5) is 4.38. The normalized spacial score (nSPS) is 16.9. The van der Waals surface area contributed by atoms with E-state index in [1.54, 1.807) is 0 Å². The van der Waals surface area contributed by atoms with E-state index in [1.807, 2.05) is 18.7 Å². The molecule has 8 heteroatoms. The lowest BCUT2D eigenvalue weighted by Gasteiger charge is -2.36. The van der Waals surface area contributed by atoms with E-state index in [0.29, 0.717) is 12.5 Å². The number of ether oxygens (including phenoxy) is 1. The highest BCUT2D eigenvalue weighted by Crippen LogP contribution is 2.32. The van der Waals surface area contributed by atoms with Crippen LogP contribution < -0.4 is 10.6 Å². The van der Waals surface area contributed by atoms with Crippen LogP contribution in [0.4, 0.5) is 8.78 Å². The minimum absolute atomic E-state index is 0. The van der Waals surface area contributed by atoms with E-state index in [-0.39, 0.29) is 40.8 Å². The van der Waals surface area contributed by atoms with Gasteiger partial charge in [0, 0.05) is 36.6 Å². The maximum absolute atomic E-state index is 13.7. The molecule has 2 N–H and O–H groups in total. The highest BCUT2D eigenvalue weighted by atomic mass is 127. The number of aliphatic imine (C=N–C) groups is 1. The molecule has 0 spiro atoms. The largest absolute Gasteiger partial charge is 0.381 e. The molecule has 1 fully saturated rings. The monoisotopic (exact) mass is 485 g/mol. The second-order valence-electron chi connectivity index (χ2n) is 5.78. The van der Waals surface area contributed by atoms with Gasteiger partial charge in [-0.3, -0.25) is 0 Å². The van der Waals surface area contributed by atoms with Crippen molar-refractivity contribution in [2.45, 2.75) is 31.1 Å². The van der Waals surface area contributed by atoms with Crippen molar-refractivity contribution >= 4 is 41.7 Å². The summed E-state index contributed by atoms with van der Waals surface area (Å²) in [5.41, 5.74) is 0.248. The van der Waals surface area contributed by atoms with Gasteiger partial charge in [-0.15, -0.1) is 24.0 Å². The van der Waals surface area contributed by atoms with Crippen LogP contribution in [0.5, 0.6) is 0 Å². The van der Waals surface area contributed by atoms with E-state index in [9.17, 15) is 8.78 Å². The van der Waals surface area contributed by atoms with Crippen molar-refractivity contribution < 1.29 is 13.5 Å². The van der Waals surface area contributed by atoms with Gasteiger partial charge < -0.3 is 15.4 Å². The van der Waals surface area contributed by atoms with Crippen molar-refractivity contribution in [1.82, 2.24) is 10.6 Å². The Bertz CT molecular complexity index is 569. The van der Waals surface area contributed by atoms with Crippen molar-refractivity contribution in [2.75, 3.05) is 32.6 Å². The molecule has 2 rings (SSSR count). The van der Waals surface area contributed by atoms with Crippen molar-refractivity contribution in [2.24, 2.45) is 4.99 Å². The van der Waals surface area contributed by atoms with E-state index in [1.165, 1.54) is 6.07 Å². The first-order chi connectivity index (χ1) is 11.6. The molecule has 0 aromatic heterocycles. The molecular formula is C17H26F2IN3OS. The van der Waals surface area contributed by atoms with Crippen LogP contribution in [0.15, 0.2) is 23.2 Å². The number of rotatable bonds is 6. The first-order valence-electron chi connectivity index (χ1n) is 8.17. The van der Waals surface area contributed by atoms with Crippen LogP contribution in [-0.4, -0.2) is 43.3 Å². The number of thioether (sulfide) groups is 1. The molecule has 0 atom stereocenters. The number of hydrogen-bond donors (Lipinski definition) is 2. The van der Waals surface area contributed by atoms with Gasteiger partial charge in [-0.05, 0) is 44.2 Å². The van der Waals surface area contributed by atoms with E-state index >= 15 is 0 Å². The third-order valence-electron chi connectivity index (χ3n) is 4.17. The molecule has 0 aliphatic carbocycles. The maximum atomic E-state index is 13.7. The molecule has 1 saturated heterocycles. The third-order valence-corrected chi connectivity index (χ3v) is 5.59. The van der Waals surface area contributed by atoms with Gasteiger partial charge in [0.2, 0.25) is 0 Å². The van der Waals surface area contributed by atoms with Gasteiger partial charge >= 0.3 is 0 Å². The van der Waals surface area contributed by atoms with Gasteiger partial charge in [0.15, 0.2) is 5.96 Å². The zero-order chi connectivity index (χ0) is 17.4. The Balaban J connectivity index is 0.00000312.